The fraction of sp³-hybridized carbons (Fsp3) is 0.0667. The Morgan fingerprint density at radius 3 is 2.76 bits per heavy atom. The number of halogens is 2. The molecule has 1 aliphatic rings. The third-order valence-electron chi connectivity index (χ3n) is 3.07. The van der Waals surface area contributed by atoms with Gasteiger partial charge in [-0.05, 0) is 46.9 Å². The molecular weight excluding hydrogens is 405 g/mol. The molecule has 0 unspecified atom stereocenters. The fourth-order valence-corrected chi connectivity index (χ4v) is 2.95. The van der Waals surface area contributed by atoms with Gasteiger partial charge in [-0.1, -0.05) is 23.7 Å². The molecule has 0 saturated heterocycles. The van der Waals surface area contributed by atoms with Crippen LogP contribution >= 0.6 is 34.2 Å². The Hall–Kier alpha value is -1.60. The number of hydrogen-bond donors (Lipinski definition) is 1. The molecule has 0 saturated carbocycles. The molecule has 0 fully saturated rings. The van der Waals surface area contributed by atoms with E-state index in [1.54, 1.807) is 18.2 Å². The first-order chi connectivity index (χ1) is 10.1. The Morgan fingerprint density at radius 1 is 1.24 bits per heavy atom. The SMILES string of the molecule is O=C1COc2cc(C(=O)c3ccccc3I)c(Cl)cc2N1. The van der Waals surface area contributed by atoms with Gasteiger partial charge >= 0.3 is 0 Å². The van der Waals surface area contributed by atoms with E-state index in [2.05, 4.69) is 27.9 Å². The van der Waals surface area contributed by atoms with E-state index < -0.39 is 0 Å². The van der Waals surface area contributed by atoms with E-state index in [4.69, 9.17) is 16.3 Å². The Morgan fingerprint density at radius 2 is 2.00 bits per heavy atom. The summed E-state index contributed by atoms with van der Waals surface area (Å²) in [6.07, 6.45) is 0. The van der Waals surface area contributed by atoms with Gasteiger partial charge in [-0.3, -0.25) is 9.59 Å². The van der Waals surface area contributed by atoms with E-state index >= 15 is 0 Å². The van der Waals surface area contributed by atoms with Crippen LogP contribution in [0.3, 0.4) is 0 Å². The third kappa shape index (κ3) is 2.75. The lowest BCUT2D eigenvalue weighted by molar-refractivity contribution is -0.118. The van der Waals surface area contributed by atoms with Gasteiger partial charge in [-0.15, -0.1) is 0 Å². The monoisotopic (exact) mass is 413 g/mol. The lowest BCUT2D eigenvalue weighted by Gasteiger charge is -2.19. The number of hydrogen-bond acceptors (Lipinski definition) is 3. The van der Waals surface area contributed by atoms with E-state index in [-0.39, 0.29) is 23.3 Å². The van der Waals surface area contributed by atoms with Gasteiger partial charge < -0.3 is 10.1 Å². The lowest BCUT2D eigenvalue weighted by Crippen LogP contribution is -2.25. The summed E-state index contributed by atoms with van der Waals surface area (Å²) in [6.45, 7) is -0.0644. The molecule has 1 heterocycles. The first-order valence-electron chi connectivity index (χ1n) is 6.11. The summed E-state index contributed by atoms with van der Waals surface area (Å²) >= 11 is 8.28. The molecule has 106 valence electrons. The molecule has 0 aliphatic carbocycles. The van der Waals surface area contributed by atoms with Crippen LogP contribution in [0.4, 0.5) is 5.69 Å². The van der Waals surface area contributed by atoms with Gasteiger partial charge in [-0.25, -0.2) is 0 Å². The number of amides is 1. The standard InChI is InChI=1S/C15H9ClINO3/c16-10-6-12-13(21-7-14(19)18-12)5-9(10)15(20)8-3-1-2-4-11(8)17/h1-6H,7H2,(H,18,19). The summed E-state index contributed by atoms with van der Waals surface area (Å²) in [7, 11) is 0. The van der Waals surface area contributed by atoms with Crippen LogP contribution < -0.4 is 10.1 Å². The van der Waals surface area contributed by atoms with Gasteiger partial charge in [0.2, 0.25) is 0 Å². The van der Waals surface area contributed by atoms with Crippen molar-refractivity contribution in [2.45, 2.75) is 0 Å². The van der Waals surface area contributed by atoms with E-state index in [0.717, 1.165) is 3.57 Å². The van der Waals surface area contributed by atoms with E-state index in [0.29, 0.717) is 22.6 Å². The first kappa shape index (κ1) is 14.3. The van der Waals surface area contributed by atoms with Gasteiger partial charge in [-0.2, -0.15) is 0 Å². The molecule has 2 aromatic carbocycles. The predicted molar refractivity (Wildman–Crippen MR) is 88.2 cm³/mol. The second-order valence-corrected chi connectivity index (χ2v) is 6.04. The molecule has 3 rings (SSSR count). The average Bonchev–Trinajstić information content (AvgIpc) is 2.46. The largest absolute Gasteiger partial charge is 0.482 e. The molecule has 0 aromatic heterocycles. The highest BCUT2D eigenvalue weighted by Gasteiger charge is 2.22. The summed E-state index contributed by atoms with van der Waals surface area (Å²) in [4.78, 5) is 23.9. The summed E-state index contributed by atoms with van der Waals surface area (Å²) in [5, 5.41) is 2.94. The average molecular weight is 414 g/mol. The maximum Gasteiger partial charge on any atom is 0.262 e. The van der Waals surface area contributed by atoms with Crippen molar-refractivity contribution in [1.82, 2.24) is 0 Å². The number of rotatable bonds is 2. The summed E-state index contributed by atoms with van der Waals surface area (Å²) in [6, 6.07) is 10.4. The number of fused-ring (bicyclic) bond motifs is 1. The second kappa shape index (κ2) is 5.65. The van der Waals surface area contributed by atoms with Crippen LogP contribution in [0, 0.1) is 3.57 Å². The van der Waals surface area contributed by atoms with Gasteiger partial charge in [0, 0.05) is 14.7 Å². The zero-order valence-electron chi connectivity index (χ0n) is 10.7. The number of carbonyl (C=O) groups is 2. The smallest absolute Gasteiger partial charge is 0.262 e. The molecule has 0 spiro atoms. The van der Waals surface area contributed by atoms with E-state index in [1.807, 2.05) is 12.1 Å². The minimum atomic E-state index is -0.241. The van der Waals surface area contributed by atoms with Crippen molar-refractivity contribution in [3.8, 4) is 5.75 Å². The number of anilines is 1. The van der Waals surface area contributed by atoms with Crippen molar-refractivity contribution in [3.63, 3.8) is 0 Å². The Bertz CT molecular complexity index is 761. The molecule has 21 heavy (non-hydrogen) atoms. The highest BCUT2D eigenvalue weighted by Crippen LogP contribution is 2.34. The van der Waals surface area contributed by atoms with Crippen molar-refractivity contribution in [1.29, 1.82) is 0 Å². The zero-order chi connectivity index (χ0) is 15.0. The highest BCUT2D eigenvalue weighted by molar-refractivity contribution is 14.1. The number of carbonyl (C=O) groups excluding carboxylic acids is 2. The second-order valence-electron chi connectivity index (χ2n) is 4.47. The summed E-state index contributed by atoms with van der Waals surface area (Å²) in [5.41, 5.74) is 1.42. The van der Waals surface area contributed by atoms with E-state index in [1.165, 1.54) is 6.07 Å². The molecule has 2 aromatic rings. The molecule has 1 amide bonds. The van der Waals surface area contributed by atoms with Crippen molar-refractivity contribution < 1.29 is 14.3 Å². The van der Waals surface area contributed by atoms with Crippen LogP contribution in [0.2, 0.25) is 5.02 Å². The third-order valence-corrected chi connectivity index (χ3v) is 4.32. The van der Waals surface area contributed by atoms with Gasteiger partial charge in [0.15, 0.2) is 12.4 Å². The van der Waals surface area contributed by atoms with Crippen molar-refractivity contribution in [2.24, 2.45) is 0 Å². The zero-order valence-corrected chi connectivity index (χ0v) is 13.6. The Labute approximate surface area is 139 Å². The lowest BCUT2D eigenvalue weighted by atomic mass is 10.0. The maximum absolute atomic E-state index is 12.6. The van der Waals surface area contributed by atoms with Crippen LogP contribution in [0.25, 0.3) is 0 Å². The van der Waals surface area contributed by atoms with Gasteiger partial charge in [0.25, 0.3) is 5.91 Å². The summed E-state index contributed by atoms with van der Waals surface area (Å²) < 4.78 is 6.17. The van der Waals surface area contributed by atoms with E-state index in [9.17, 15) is 9.59 Å². The van der Waals surface area contributed by atoms with Crippen LogP contribution in [-0.2, 0) is 4.79 Å². The van der Waals surface area contributed by atoms with Crippen LogP contribution in [-0.4, -0.2) is 18.3 Å². The van der Waals surface area contributed by atoms with Gasteiger partial charge in [0.05, 0.1) is 10.7 Å². The molecule has 6 heteroatoms. The maximum atomic E-state index is 12.6. The Balaban J connectivity index is 2.05. The Kier molecular flexibility index (Phi) is 3.86. The van der Waals surface area contributed by atoms with Crippen LogP contribution in [0.5, 0.6) is 5.75 Å². The summed E-state index contributed by atoms with van der Waals surface area (Å²) in [5.74, 6) is 0.0387. The quantitative estimate of drug-likeness (QED) is 0.606. The normalized spacial score (nSPS) is 13.1. The fourth-order valence-electron chi connectivity index (χ4n) is 2.06. The minimum Gasteiger partial charge on any atom is -0.482 e. The van der Waals surface area contributed by atoms with Crippen molar-refractivity contribution in [3.05, 3.63) is 56.1 Å². The first-order valence-corrected chi connectivity index (χ1v) is 7.57. The van der Waals surface area contributed by atoms with Crippen LogP contribution in [0.1, 0.15) is 15.9 Å². The molecule has 0 radical (unpaired) electrons. The molecule has 1 N–H and O–H groups in total. The molecule has 4 nitrogen and oxygen atoms in total. The molecule has 0 bridgehead atoms. The number of ketones is 1. The number of benzene rings is 2. The van der Waals surface area contributed by atoms with Crippen LogP contribution in [0.15, 0.2) is 36.4 Å². The number of nitrogens with one attached hydrogen (secondary N) is 1. The van der Waals surface area contributed by atoms with Crippen molar-refractivity contribution in [2.75, 3.05) is 11.9 Å². The topological polar surface area (TPSA) is 55.4 Å². The molecular formula is C15H9ClINO3. The minimum absolute atomic E-state index is 0.0644. The highest BCUT2D eigenvalue weighted by atomic mass is 127. The molecule has 0 atom stereocenters. The molecule has 1 aliphatic heterocycles. The predicted octanol–water partition coefficient (Wildman–Crippen LogP) is 3.51. The van der Waals surface area contributed by atoms with Crippen molar-refractivity contribution >= 4 is 51.6 Å². The van der Waals surface area contributed by atoms with Gasteiger partial charge in [0.1, 0.15) is 5.75 Å². The number of ether oxygens (including phenoxy) is 1.